The number of ether oxygens (including phenoxy) is 2. The van der Waals surface area contributed by atoms with Crippen LogP contribution in [0.2, 0.25) is 5.02 Å². The lowest BCUT2D eigenvalue weighted by Crippen LogP contribution is -2.53. The first-order chi connectivity index (χ1) is 20.7. The first-order valence-corrected chi connectivity index (χ1v) is 15.8. The number of halogens is 1. The Morgan fingerprint density at radius 2 is 1.79 bits per heavy atom. The van der Waals surface area contributed by atoms with Gasteiger partial charge in [-0.3, -0.25) is 14.4 Å². The van der Waals surface area contributed by atoms with E-state index in [1.807, 2.05) is 32.9 Å². The third-order valence-corrected chi connectivity index (χ3v) is 9.74. The third kappa shape index (κ3) is 5.63. The molecule has 1 spiro atoms. The molecule has 0 aliphatic carbocycles. The van der Waals surface area contributed by atoms with Gasteiger partial charge in [-0.15, -0.1) is 0 Å². The van der Waals surface area contributed by atoms with Gasteiger partial charge in [0.25, 0.3) is 0 Å². The van der Waals surface area contributed by atoms with Crippen molar-refractivity contribution in [2.45, 2.75) is 83.0 Å². The second-order valence-electron chi connectivity index (χ2n) is 11.9. The molecule has 0 radical (unpaired) electrons. The minimum atomic E-state index is -1.13. The highest BCUT2D eigenvalue weighted by Gasteiger charge is 2.78. The van der Waals surface area contributed by atoms with E-state index in [4.69, 9.17) is 21.1 Å². The van der Waals surface area contributed by atoms with E-state index in [9.17, 15) is 19.5 Å². The zero-order chi connectivity index (χ0) is 30.8. The van der Waals surface area contributed by atoms with Crippen molar-refractivity contribution >= 4 is 40.7 Å². The summed E-state index contributed by atoms with van der Waals surface area (Å²) in [7, 11) is 0. The highest BCUT2D eigenvalue weighted by molar-refractivity contribution is 6.34. The van der Waals surface area contributed by atoms with Gasteiger partial charge in [0.05, 0.1) is 34.8 Å². The highest BCUT2D eigenvalue weighted by atomic mass is 35.5. The summed E-state index contributed by atoms with van der Waals surface area (Å²) in [6.45, 7) is 6.77. The number of anilines is 2. The molecule has 3 N–H and O–H groups in total. The molecule has 2 unspecified atom stereocenters. The van der Waals surface area contributed by atoms with Gasteiger partial charge in [-0.25, -0.2) is 0 Å². The van der Waals surface area contributed by atoms with Crippen molar-refractivity contribution < 1.29 is 29.0 Å². The van der Waals surface area contributed by atoms with Crippen LogP contribution in [0.5, 0.6) is 5.75 Å². The van der Waals surface area contributed by atoms with E-state index in [2.05, 4.69) is 10.6 Å². The monoisotopic (exact) mass is 611 g/mol. The number of hydrogen-bond acceptors (Lipinski definition) is 6. The van der Waals surface area contributed by atoms with E-state index < -0.39 is 29.1 Å². The zero-order valence-corrected chi connectivity index (χ0v) is 25.9. The van der Waals surface area contributed by atoms with Crippen LogP contribution < -0.4 is 15.4 Å². The maximum Gasteiger partial charge on any atom is 0.250 e. The largest absolute Gasteiger partial charge is 0.494 e. The first-order valence-electron chi connectivity index (χ1n) is 15.4. The summed E-state index contributed by atoms with van der Waals surface area (Å²) in [5.74, 6) is -1.69. The standard InChI is InChI=1S/C33H42ClN3O6/c1-4-32-17-18-33(43-32)26(25(32)29(39)35-22-13-15-23(16-14-22)42-5-2)31(41)37(19-8-6-7-9-20-38)28(33)30(40)36-27-21(3)11-10-12-24(27)34/h10-16,25-26,28,38H,4-9,17-20H2,1-3H3,(H,35,39)(H,36,40)/t25-,26-,28?,32+,33?/m0/s1. The number of aliphatic hydroxyl groups is 1. The minimum absolute atomic E-state index is 0.119. The molecule has 3 aliphatic rings. The molecule has 3 saturated heterocycles. The van der Waals surface area contributed by atoms with E-state index >= 15 is 0 Å². The molecule has 2 aromatic rings. The van der Waals surface area contributed by atoms with Gasteiger partial charge in [0.2, 0.25) is 17.7 Å². The van der Waals surface area contributed by atoms with Crippen LogP contribution in [0.25, 0.3) is 0 Å². The van der Waals surface area contributed by atoms with Crippen molar-refractivity contribution in [2.75, 3.05) is 30.4 Å². The number of unbranched alkanes of at least 4 members (excludes halogenated alkanes) is 3. The van der Waals surface area contributed by atoms with Crippen LogP contribution >= 0.6 is 11.6 Å². The van der Waals surface area contributed by atoms with Crippen LogP contribution in [-0.4, -0.2) is 64.7 Å². The fourth-order valence-corrected chi connectivity index (χ4v) is 7.68. The van der Waals surface area contributed by atoms with Crippen LogP contribution in [0.15, 0.2) is 42.5 Å². The van der Waals surface area contributed by atoms with E-state index in [1.54, 1.807) is 35.2 Å². The second-order valence-corrected chi connectivity index (χ2v) is 12.3. The number of carbonyl (C=O) groups excluding carboxylic acids is 3. The maximum absolute atomic E-state index is 14.3. The number of carbonyl (C=O) groups is 3. The lowest BCUT2D eigenvalue weighted by atomic mass is 9.65. The van der Waals surface area contributed by atoms with Crippen molar-refractivity contribution in [1.82, 2.24) is 4.90 Å². The molecule has 3 fully saturated rings. The number of likely N-dealkylation sites (tertiary alicyclic amines) is 1. The van der Waals surface area contributed by atoms with E-state index in [-0.39, 0.29) is 24.3 Å². The molecule has 5 atom stereocenters. The average Bonchev–Trinajstić information content (AvgIpc) is 3.59. The van der Waals surface area contributed by atoms with Crippen LogP contribution in [0, 0.1) is 18.8 Å². The Morgan fingerprint density at radius 3 is 2.47 bits per heavy atom. The van der Waals surface area contributed by atoms with Gasteiger partial charge in [-0.1, -0.05) is 43.5 Å². The molecular weight excluding hydrogens is 570 g/mol. The predicted octanol–water partition coefficient (Wildman–Crippen LogP) is 5.33. The predicted molar refractivity (Wildman–Crippen MR) is 165 cm³/mol. The number of hydrogen-bond donors (Lipinski definition) is 3. The molecule has 3 aliphatic heterocycles. The molecule has 43 heavy (non-hydrogen) atoms. The summed E-state index contributed by atoms with van der Waals surface area (Å²) >= 11 is 6.47. The third-order valence-electron chi connectivity index (χ3n) is 9.42. The molecule has 5 rings (SSSR count). The average molecular weight is 612 g/mol. The quantitative estimate of drug-likeness (QED) is 0.264. The summed E-state index contributed by atoms with van der Waals surface area (Å²) in [6.07, 6.45) is 4.61. The van der Waals surface area contributed by atoms with Gasteiger partial charge < -0.3 is 30.1 Å². The SMILES string of the molecule is CCOc1ccc(NC(=O)[C@@H]2[C@H]3C(=O)N(CCCCCCO)C(C(=O)Nc4c(C)cccc4Cl)C34CC[C@@]2(CC)O4)cc1. The molecule has 2 bridgehead atoms. The Bertz CT molecular complexity index is 1330. The lowest BCUT2D eigenvalue weighted by Gasteiger charge is -2.34. The summed E-state index contributed by atoms with van der Waals surface area (Å²) in [6, 6.07) is 11.6. The summed E-state index contributed by atoms with van der Waals surface area (Å²) in [5.41, 5.74) is -0.0536. The van der Waals surface area contributed by atoms with E-state index in [0.29, 0.717) is 67.4 Å². The maximum atomic E-state index is 14.3. The van der Waals surface area contributed by atoms with Crippen molar-refractivity contribution in [3.8, 4) is 5.75 Å². The van der Waals surface area contributed by atoms with Crippen LogP contribution in [-0.2, 0) is 19.1 Å². The first kappa shape index (κ1) is 31.3. The lowest BCUT2D eigenvalue weighted by molar-refractivity contribution is -0.144. The summed E-state index contributed by atoms with van der Waals surface area (Å²) in [4.78, 5) is 44.2. The number of aryl methyl sites for hydroxylation is 1. The number of nitrogens with one attached hydrogen (secondary N) is 2. The fraction of sp³-hybridized carbons (Fsp3) is 0.545. The topological polar surface area (TPSA) is 117 Å². The van der Waals surface area contributed by atoms with Crippen LogP contribution in [0.3, 0.4) is 0 Å². The summed E-state index contributed by atoms with van der Waals surface area (Å²) in [5, 5.41) is 15.6. The van der Waals surface area contributed by atoms with Gasteiger partial charge in [0, 0.05) is 18.8 Å². The number of para-hydroxylation sites is 1. The highest BCUT2D eigenvalue weighted by Crippen LogP contribution is 2.64. The number of benzene rings is 2. The Morgan fingerprint density at radius 1 is 1.05 bits per heavy atom. The number of fused-ring (bicyclic) bond motifs is 1. The Hall–Kier alpha value is -3.14. The van der Waals surface area contributed by atoms with Gasteiger partial charge >= 0.3 is 0 Å². The zero-order valence-electron chi connectivity index (χ0n) is 25.2. The van der Waals surface area contributed by atoms with Crippen LogP contribution in [0.4, 0.5) is 11.4 Å². The minimum Gasteiger partial charge on any atom is -0.494 e. The van der Waals surface area contributed by atoms with Crippen LogP contribution in [0.1, 0.15) is 64.4 Å². The fourth-order valence-electron chi connectivity index (χ4n) is 7.41. The molecule has 3 amide bonds. The summed E-state index contributed by atoms with van der Waals surface area (Å²) < 4.78 is 12.4. The van der Waals surface area contributed by atoms with Crippen molar-refractivity contribution in [1.29, 1.82) is 0 Å². The van der Waals surface area contributed by atoms with Gasteiger partial charge in [-0.05, 0) is 81.8 Å². The molecule has 10 heteroatoms. The molecule has 232 valence electrons. The number of nitrogens with zero attached hydrogens (tertiary/aromatic N) is 1. The van der Waals surface area contributed by atoms with E-state index in [1.165, 1.54) is 0 Å². The normalized spacial score (nSPS) is 27.3. The van der Waals surface area contributed by atoms with E-state index in [0.717, 1.165) is 18.4 Å². The Kier molecular flexibility index (Phi) is 9.34. The number of aliphatic hydroxyl groups excluding tert-OH is 1. The second kappa shape index (κ2) is 12.8. The number of amides is 3. The molecule has 0 saturated carbocycles. The van der Waals surface area contributed by atoms with Gasteiger partial charge in [0.15, 0.2) is 0 Å². The van der Waals surface area contributed by atoms with Crippen molar-refractivity contribution in [3.63, 3.8) is 0 Å². The Balaban J connectivity index is 1.47. The van der Waals surface area contributed by atoms with Gasteiger partial charge in [-0.2, -0.15) is 0 Å². The molecule has 0 aromatic heterocycles. The number of rotatable bonds is 13. The molecule has 9 nitrogen and oxygen atoms in total. The smallest absolute Gasteiger partial charge is 0.250 e. The Labute approximate surface area is 258 Å². The molecule has 3 heterocycles. The molecule has 2 aromatic carbocycles. The molecular formula is C33H42ClN3O6. The van der Waals surface area contributed by atoms with Crippen molar-refractivity contribution in [2.24, 2.45) is 11.8 Å². The van der Waals surface area contributed by atoms with Gasteiger partial charge in [0.1, 0.15) is 17.4 Å². The van der Waals surface area contributed by atoms with Crippen molar-refractivity contribution in [3.05, 3.63) is 53.1 Å².